The number of carbonyl (C=O) groups excluding carboxylic acids is 1. The van der Waals surface area contributed by atoms with Gasteiger partial charge < -0.3 is 10.1 Å². The molecule has 4 nitrogen and oxygen atoms in total. The number of amides is 1. The van der Waals surface area contributed by atoms with Crippen molar-refractivity contribution in [1.29, 1.82) is 0 Å². The summed E-state index contributed by atoms with van der Waals surface area (Å²) in [6, 6.07) is 11.5. The molecule has 0 saturated heterocycles. The SMILES string of the molecule is Cc1ccc(OCc2csc(C(=O)Nc3ccc(Br)cn3)c2)cc1C. The van der Waals surface area contributed by atoms with Crippen LogP contribution >= 0.6 is 27.3 Å². The van der Waals surface area contributed by atoms with Gasteiger partial charge in [-0.1, -0.05) is 6.07 Å². The quantitative estimate of drug-likeness (QED) is 0.609. The van der Waals surface area contributed by atoms with Crippen molar-refractivity contribution in [2.24, 2.45) is 0 Å². The van der Waals surface area contributed by atoms with Gasteiger partial charge in [-0.25, -0.2) is 4.98 Å². The molecule has 3 aromatic rings. The van der Waals surface area contributed by atoms with Gasteiger partial charge in [0.15, 0.2) is 0 Å². The predicted molar refractivity (Wildman–Crippen MR) is 104 cm³/mol. The van der Waals surface area contributed by atoms with Crippen molar-refractivity contribution in [3.63, 3.8) is 0 Å². The third-order valence-corrected chi connectivity index (χ3v) is 5.18. The summed E-state index contributed by atoms with van der Waals surface area (Å²) in [7, 11) is 0. The molecule has 1 amide bonds. The molecule has 2 aromatic heterocycles. The molecule has 0 unspecified atom stereocenters. The van der Waals surface area contributed by atoms with Crippen LogP contribution in [0.5, 0.6) is 5.75 Å². The summed E-state index contributed by atoms with van der Waals surface area (Å²) < 4.78 is 6.68. The second-order valence-electron chi connectivity index (χ2n) is 5.67. The molecule has 0 aliphatic carbocycles. The number of nitrogens with zero attached hydrogens (tertiary/aromatic N) is 1. The second-order valence-corrected chi connectivity index (χ2v) is 7.50. The fourth-order valence-electron chi connectivity index (χ4n) is 2.17. The number of carbonyl (C=O) groups is 1. The van der Waals surface area contributed by atoms with Gasteiger partial charge in [-0.2, -0.15) is 0 Å². The highest BCUT2D eigenvalue weighted by atomic mass is 79.9. The Morgan fingerprint density at radius 2 is 2.04 bits per heavy atom. The van der Waals surface area contributed by atoms with Crippen LogP contribution in [0.3, 0.4) is 0 Å². The van der Waals surface area contributed by atoms with Gasteiger partial charge in [-0.05, 0) is 76.6 Å². The molecule has 1 aromatic carbocycles. The molecule has 6 heteroatoms. The van der Waals surface area contributed by atoms with E-state index in [0.717, 1.165) is 15.8 Å². The molecule has 0 radical (unpaired) electrons. The van der Waals surface area contributed by atoms with Gasteiger partial charge in [0.05, 0.1) is 4.88 Å². The highest BCUT2D eigenvalue weighted by Crippen LogP contribution is 2.21. The molecule has 25 heavy (non-hydrogen) atoms. The summed E-state index contributed by atoms with van der Waals surface area (Å²) in [6.07, 6.45) is 1.65. The number of hydrogen-bond acceptors (Lipinski definition) is 4. The molecule has 0 atom stereocenters. The zero-order chi connectivity index (χ0) is 17.8. The van der Waals surface area contributed by atoms with Crippen LogP contribution in [-0.4, -0.2) is 10.9 Å². The number of thiophene rings is 1. The lowest BCUT2D eigenvalue weighted by Gasteiger charge is -2.07. The van der Waals surface area contributed by atoms with Gasteiger partial charge in [0, 0.05) is 16.2 Å². The first-order valence-electron chi connectivity index (χ1n) is 7.71. The lowest BCUT2D eigenvalue weighted by Crippen LogP contribution is -2.11. The molecule has 0 bridgehead atoms. The predicted octanol–water partition coefficient (Wildman–Crippen LogP) is 5.35. The minimum atomic E-state index is -0.169. The summed E-state index contributed by atoms with van der Waals surface area (Å²) in [4.78, 5) is 17.0. The van der Waals surface area contributed by atoms with Crippen LogP contribution in [0.2, 0.25) is 0 Å². The molecule has 1 N–H and O–H groups in total. The molecule has 128 valence electrons. The van der Waals surface area contributed by atoms with Crippen molar-refractivity contribution >= 4 is 39.0 Å². The smallest absolute Gasteiger partial charge is 0.266 e. The number of rotatable bonds is 5. The van der Waals surface area contributed by atoms with E-state index < -0.39 is 0 Å². The van der Waals surface area contributed by atoms with Crippen molar-refractivity contribution in [2.45, 2.75) is 20.5 Å². The highest BCUT2D eigenvalue weighted by molar-refractivity contribution is 9.10. The molecule has 2 heterocycles. The Labute approximate surface area is 159 Å². The van der Waals surface area contributed by atoms with Crippen molar-refractivity contribution in [1.82, 2.24) is 4.98 Å². The van der Waals surface area contributed by atoms with Crippen molar-refractivity contribution in [3.8, 4) is 5.75 Å². The number of anilines is 1. The average Bonchev–Trinajstić information content (AvgIpc) is 3.07. The number of aryl methyl sites for hydroxylation is 2. The van der Waals surface area contributed by atoms with Gasteiger partial charge >= 0.3 is 0 Å². The Balaban J connectivity index is 1.60. The Hall–Kier alpha value is -2.18. The molecular formula is C19H17BrN2O2S. The Morgan fingerprint density at radius 3 is 2.76 bits per heavy atom. The van der Waals surface area contributed by atoms with E-state index in [1.807, 2.05) is 35.7 Å². The first-order valence-corrected chi connectivity index (χ1v) is 9.39. The van der Waals surface area contributed by atoms with Gasteiger partial charge in [-0.15, -0.1) is 11.3 Å². The minimum Gasteiger partial charge on any atom is -0.489 e. The lowest BCUT2D eigenvalue weighted by atomic mass is 10.1. The number of benzene rings is 1. The zero-order valence-electron chi connectivity index (χ0n) is 13.9. The Kier molecular flexibility index (Phi) is 5.50. The number of aromatic nitrogens is 1. The summed E-state index contributed by atoms with van der Waals surface area (Å²) in [5, 5.41) is 4.72. The topological polar surface area (TPSA) is 51.2 Å². The van der Waals surface area contributed by atoms with E-state index in [4.69, 9.17) is 4.74 Å². The Bertz CT molecular complexity index is 891. The fourth-order valence-corrected chi connectivity index (χ4v) is 3.19. The van der Waals surface area contributed by atoms with E-state index in [1.54, 1.807) is 12.3 Å². The van der Waals surface area contributed by atoms with Crippen LogP contribution < -0.4 is 10.1 Å². The number of hydrogen-bond donors (Lipinski definition) is 1. The van der Waals surface area contributed by atoms with Crippen LogP contribution in [0, 0.1) is 13.8 Å². The molecule has 0 saturated carbocycles. The number of pyridine rings is 1. The third-order valence-electron chi connectivity index (χ3n) is 3.73. The van der Waals surface area contributed by atoms with Gasteiger partial charge in [0.1, 0.15) is 18.2 Å². The summed E-state index contributed by atoms with van der Waals surface area (Å²) in [5.74, 6) is 1.19. The normalized spacial score (nSPS) is 10.5. The van der Waals surface area contributed by atoms with Crippen LogP contribution in [0.4, 0.5) is 5.82 Å². The maximum atomic E-state index is 12.3. The van der Waals surface area contributed by atoms with Crippen molar-refractivity contribution in [3.05, 3.63) is 74.0 Å². The van der Waals surface area contributed by atoms with Gasteiger partial charge in [-0.3, -0.25) is 4.79 Å². The van der Waals surface area contributed by atoms with Crippen LogP contribution in [0.25, 0.3) is 0 Å². The van der Waals surface area contributed by atoms with Crippen molar-refractivity contribution < 1.29 is 9.53 Å². The van der Waals surface area contributed by atoms with Crippen molar-refractivity contribution in [2.75, 3.05) is 5.32 Å². The maximum Gasteiger partial charge on any atom is 0.266 e. The fraction of sp³-hybridized carbons (Fsp3) is 0.158. The third kappa shape index (κ3) is 4.67. The number of nitrogens with one attached hydrogen (secondary N) is 1. The molecule has 0 aliphatic heterocycles. The number of halogens is 1. The summed E-state index contributed by atoms with van der Waals surface area (Å²) >= 11 is 4.71. The minimum absolute atomic E-state index is 0.169. The molecule has 0 fully saturated rings. The number of ether oxygens (including phenoxy) is 1. The van der Waals surface area contributed by atoms with Crippen LogP contribution in [0.15, 0.2) is 52.4 Å². The van der Waals surface area contributed by atoms with Gasteiger partial charge in [0.25, 0.3) is 5.91 Å². The van der Waals surface area contributed by atoms with Crippen LogP contribution in [0.1, 0.15) is 26.4 Å². The zero-order valence-corrected chi connectivity index (χ0v) is 16.3. The highest BCUT2D eigenvalue weighted by Gasteiger charge is 2.10. The molecule has 3 rings (SSSR count). The average molecular weight is 417 g/mol. The Morgan fingerprint density at radius 1 is 1.20 bits per heavy atom. The summed E-state index contributed by atoms with van der Waals surface area (Å²) in [5.41, 5.74) is 3.41. The molecule has 0 spiro atoms. The maximum absolute atomic E-state index is 12.3. The van der Waals surface area contributed by atoms with E-state index in [2.05, 4.69) is 40.1 Å². The van der Waals surface area contributed by atoms with E-state index in [0.29, 0.717) is 17.3 Å². The first-order chi connectivity index (χ1) is 12.0. The monoisotopic (exact) mass is 416 g/mol. The van der Waals surface area contributed by atoms with Crippen LogP contribution in [-0.2, 0) is 6.61 Å². The largest absolute Gasteiger partial charge is 0.489 e. The van der Waals surface area contributed by atoms with Gasteiger partial charge in [0.2, 0.25) is 0 Å². The molecule has 0 aliphatic rings. The summed E-state index contributed by atoms with van der Waals surface area (Å²) in [6.45, 7) is 4.57. The van der Waals surface area contributed by atoms with E-state index in [9.17, 15) is 4.79 Å². The standard InChI is InChI=1S/C19H17BrN2O2S/c1-12-3-5-16(7-13(12)2)24-10-14-8-17(25-11-14)19(23)22-18-6-4-15(20)9-21-18/h3-9,11H,10H2,1-2H3,(H,21,22,23). The molecular weight excluding hydrogens is 400 g/mol. The first kappa shape index (κ1) is 17.6. The van der Waals surface area contributed by atoms with E-state index >= 15 is 0 Å². The lowest BCUT2D eigenvalue weighted by molar-refractivity contribution is 0.103. The van der Waals surface area contributed by atoms with E-state index in [-0.39, 0.29) is 5.91 Å². The second kappa shape index (κ2) is 7.80. The van der Waals surface area contributed by atoms with E-state index in [1.165, 1.54) is 22.5 Å².